The van der Waals surface area contributed by atoms with Gasteiger partial charge in [0.2, 0.25) is 11.8 Å². The number of Topliss-reactive ketones (excluding diaryl/α,β-unsaturated/α-hetero) is 1. The minimum atomic E-state index is -5.04. The molecule has 4 N–H and O–H groups in total. The Morgan fingerprint density at radius 2 is 1.46 bits per heavy atom. The Kier molecular flexibility index (Phi) is 8.39. The zero-order valence-corrected chi connectivity index (χ0v) is 14.5. The van der Waals surface area contributed by atoms with E-state index in [9.17, 15) is 27.6 Å². The van der Waals surface area contributed by atoms with Crippen LogP contribution in [0.5, 0.6) is 0 Å². The van der Waals surface area contributed by atoms with Gasteiger partial charge in [-0.25, -0.2) is 0 Å². The molecule has 0 fully saturated rings. The summed E-state index contributed by atoms with van der Waals surface area (Å²) in [5.74, 6) is -3.87. The zero-order valence-electron chi connectivity index (χ0n) is 14.5. The van der Waals surface area contributed by atoms with Crippen molar-refractivity contribution >= 4 is 17.6 Å². The largest absolute Gasteiger partial charge is 0.452 e. The fraction of sp³-hybridized carbons (Fsp3) is 0.800. The molecule has 0 rings (SSSR count). The third-order valence-corrected chi connectivity index (χ3v) is 3.39. The first-order chi connectivity index (χ1) is 10.8. The number of amides is 2. The molecule has 0 aliphatic rings. The number of hydrogen-bond donors (Lipinski definition) is 3. The lowest BCUT2D eigenvalue weighted by atomic mass is 9.99. The van der Waals surface area contributed by atoms with Gasteiger partial charge in [-0.1, -0.05) is 27.7 Å². The molecule has 9 heteroatoms. The van der Waals surface area contributed by atoms with Gasteiger partial charge < -0.3 is 16.4 Å². The number of ketones is 1. The fourth-order valence-electron chi connectivity index (χ4n) is 1.88. The molecule has 0 spiro atoms. The van der Waals surface area contributed by atoms with E-state index in [0.29, 0.717) is 0 Å². The SMILES string of the molecule is CC(C)C[C@H](NC(=O)[C@H](C)NC(=O)[C@@H](N)C(C)C)C(=O)C(F)(F)F. The summed E-state index contributed by atoms with van der Waals surface area (Å²) in [5, 5.41) is 4.39. The van der Waals surface area contributed by atoms with E-state index in [2.05, 4.69) is 10.6 Å². The Labute approximate surface area is 139 Å². The molecule has 0 saturated heterocycles. The molecule has 0 bridgehead atoms. The Morgan fingerprint density at radius 1 is 0.958 bits per heavy atom. The molecular weight excluding hydrogens is 327 g/mol. The Morgan fingerprint density at radius 3 is 1.83 bits per heavy atom. The second-order valence-corrected chi connectivity index (χ2v) is 6.55. The maximum atomic E-state index is 12.6. The van der Waals surface area contributed by atoms with Crippen LogP contribution < -0.4 is 16.4 Å². The second kappa shape index (κ2) is 9.00. The highest BCUT2D eigenvalue weighted by Crippen LogP contribution is 2.21. The van der Waals surface area contributed by atoms with Crippen LogP contribution in [0.1, 0.15) is 41.0 Å². The maximum absolute atomic E-state index is 12.6. The van der Waals surface area contributed by atoms with E-state index in [1.54, 1.807) is 27.7 Å². The first-order valence-electron chi connectivity index (χ1n) is 7.74. The van der Waals surface area contributed by atoms with E-state index in [0.717, 1.165) is 0 Å². The number of halogens is 3. The predicted molar refractivity (Wildman–Crippen MR) is 82.9 cm³/mol. The Balaban J connectivity index is 4.93. The number of rotatable bonds is 8. The summed E-state index contributed by atoms with van der Waals surface area (Å²) in [7, 11) is 0. The first kappa shape index (κ1) is 22.4. The van der Waals surface area contributed by atoms with Crippen LogP contribution in [0, 0.1) is 11.8 Å². The molecule has 0 aromatic carbocycles. The lowest BCUT2D eigenvalue weighted by molar-refractivity contribution is -0.174. The average molecular weight is 353 g/mol. The first-order valence-corrected chi connectivity index (χ1v) is 7.74. The molecule has 0 unspecified atom stereocenters. The van der Waals surface area contributed by atoms with Crippen LogP contribution in [0.2, 0.25) is 0 Å². The van der Waals surface area contributed by atoms with Crippen LogP contribution in [0.3, 0.4) is 0 Å². The molecular formula is C15H26F3N3O3. The summed E-state index contributed by atoms with van der Waals surface area (Å²) in [6, 6.07) is -3.64. The highest BCUT2D eigenvalue weighted by molar-refractivity contribution is 5.95. The average Bonchev–Trinajstić information content (AvgIpc) is 2.42. The van der Waals surface area contributed by atoms with Gasteiger partial charge in [-0.2, -0.15) is 13.2 Å². The van der Waals surface area contributed by atoms with Gasteiger partial charge in [0.25, 0.3) is 5.78 Å². The van der Waals surface area contributed by atoms with Crippen LogP contribution in [-0.4, -0.2) is 41.9 Å². The normalized spacial score (nSPS) is 15.8. The van der Waals surface area contributed by atoms with Crippen LogP contribution >= 0.6 is 0 Å². The zero-order chi connectivity index (χ0) is 19.2. The van der Waals surface area contributed by atoms with Crippen molar-refractivity contribution in [2.45, 2.75) is 65.3 Å². The molecule has 0 heterocycles. The third-order valence-electron chi connectivity index (χ3n) is 3.39. The number of nitrogens with two attached hydrogens (primary N) is 1. The van der Waals surface area contributed by atoms with Crippen LogP contribution in [0.25, 0.3) is 0 Å². The summed E-state index contributed by atoms with van der Waals surface area (Å²) in [6.07, 6.45) is -5.20. The highest BCUT2D eigenvalue weighted by Gasteiger charge is 2.44. The molecule has 0 aromatic rings. The van der Waals surface area contributed by atoms with Crippen molar-refractivity contribution in [2.75, 3.05) is 0 Å². The summed E-state index contributed by atoms with van der Waals surface area (Å²) >= 11 is 0. The lowest BCUT2D eigenvalue weighted by Gasteiger charge is -2.24. The summed E-state index contributed by atoms with van der Waals surface area (Å²) in [4.78, 5) is 35.2. The van der Waals surface area contributed by atoms with E-state index in [-0.39, 0.29) is 18.3 Å². The van der Waals surface area contributed by atoms with Crippen molar-refractivity contribution in [3.8, 4) is 0 Å². The third kappa shape index (κ3) is 7.29. The number of carbonyl (C=O) groups is 3. The highest BCUT2D eigenvalue weighted by atomic mass is 19.4. The van der Waals surface area contributed by atoms with E-state index in [4.69, 9.17) is 5.73 Å². The van der Waals surface area contributed by atoms with Crippen molar-refractivity contribution in [2.24, 2.45) is 17.6 Å². The molecule has 2 amide bonds. The van der Waals surface area contributed by atoms with Crippen LogP contribution in [0.15, 0.2) is 0 Å². The van der Waals surface area contributed by atoms with Gasteiger partial charge in [0.05, 0.1) is 12.1 Å². The quantitative estimate of drug-likeness (QED) is 0.609. The van der Waals surface area contributed by atoms with Gasteiger partial charge >= 0.3 is 6.18 Å². The molecule has 0 aliphatic heterocycles. The van der Waals surface area contributed by atoms with Crippen LogP contribution in [0.4, 0.5) is 13.2 Å². The van der Waals surface area contributed by atoms with E-state index in [1.165, 1.54) is 6.92 Å². The second-order valence-electron chi connectivity index (χ2n) is 6.55. The number of carbonyl (C=O) groups excluding carboxylic acids is 3. The van der Waals surface area contributed by atoms with E-state index < -0.39 is 41.9 Å². The summed E-state index contributed by atoms with van der Waals surface area (Å²) < 4.78 is 37.9. The van der Waals surface area contributed by atoms with Gasteiger partial charge in [0.15, 0.2) is 0 Å². The van der Waals surface area contributed by atoms with Gasteiger partial charge in [0, 0.05) is 0 Å². The number of nitrogens with one attached hydrogen (secondary N) is 2. The molecule has 6 nitrogen and oxygen atoms in total. The van der Waals surface area contributed by atoms with Crippen molar-refractivity contribution in [3.05, 3.63) is 0 Å². The smallest absolute Gasteiger partial charge is 0.344 e. The molecule has 0 aromatic heterocycles. The molecule has 24 heavy (non-hydrogen) atoms. The standard InChI is InChI=1S/C15H26F3N3O3/c1-7(2)6-10(12(22)15(16,17)18)21-13(23)9(5)20-14(24)11(19)8(3)4/h7-11H,6,19H2,1-5H3,(H,20,24)(H,21,23)/t9-,10-,11-/m0/s1. The summed E-state index contributed by atoms with van der Waals surface area (Å²) in [5.41, 5.74) is 5.63. The van der Waals surface area contributed by atoms with Gasteiger partial charge in [-0.3, -0.25) is 14.4 Å². The molecule has 0 aliphatic carbocycles. The monoisotopic (exact) mass is 353 g/mol. The molecule has 0 saturated carbocycles. The van der Waals surface area contributed by atoms with Crippen molar-refractivity contribution in [1.82, 2.24) is 10.6 Å². The van der Waals surface area contributed by atoms with Gasteiger partial charge in [-0.15, -0.1) is 0 Å². The predicted octanol–water partition coefficient (Wildman–Crippen LogP) is 1.14. The minimum Gasteiger partial charge on any atom is -0.344 e. The lowest BCUT2D eigenvalue weighted by Crippen LogP contribution is -2.55. The minimum absolute atomic E-state index is 0.156. The van der Waals surface area contributed by atoms with Crippen molar-refractivity contribution in [3.63, 3.8) is 0 Å². The van der Waals surface area contributed by atoms with E-state index in [1.807, 2.05) is 0 Å². The molecule has 0 radical (unpaired) electrons. The van der Waals surface area contributed by atoms with E-state index >= 15 is 0 Å². The fourth-order valence-corrected chi connectivity index (χ4v) is 1.88. The van der Waals surface area contributed by atoms with Gasteiger partial charge in [-0.05, 0) is 25.2 Å². The van der Waals surface area contributed by atoms with Gasteiger partial charge in [0.1, 0.15) is 6.04 Å². The molecule has 3 atom stereocenters. The Bertz CT molecular complexity index is 465. The van der Waals surface area contributed by atoms with Crippen molar-refractivity contribution < 1.29 is 27.6 Å². The maximum Gasteiger partial charge on any atom is 0.452 e. The molecule has 140 valence electrons. The van der Waals surface area contributed by atoms with Crippen molar-refractivity contribution in [1.29, 1.82) is 0 Å². The summed E-state index contributed by atoms with van der Waals surface area (Å²) in [6.45, 7) is 8.02. The topological polar surface area (TPSA) is 101 Å². The number of hydrogen-bond acceptors (Lipinski definition) is 4. The number of alkyl halides is 3. The van der Waals surface area contributed by atoms with Crippen LogP contribution in [-0.2, 0) is 14.4 Å². The Hall–Kier alpha value is -1.64.